The van der Waals surface area contributed by atoms with E-state index in [1.165, 1.54) is 6.92 Å². The standard InChI is InChI=1S/C13H19NO3/c1-10(15)14(4)11-5-7-12(8-6-11)17-9-13(2,3)16/h5-8,16H,9H2,1-4H3. The third-order valence-corrected chi connectivity index (χ3v) is 2.29. The Morgan fingerprint density at radius 1 is 1.35 bits per heavy atom. The summed E-state index contributed by atoms with van der Waals surface area (Å²) in [5.74, 6) is 0.656. The Kier molecular flexibility index (Phi) is 4.12. The second kappa shape index (κ2) is 5.19. The smallest absolute Gasteiger partial charge is 0.223 e. The van der Waals surface area contributed by atoms with Crippen LogP contribution in [0.2, 0.25) is 0 Å². The molecule has 94 valence electrons. The van der Waals surface area contributed by atoms with Gasteiger partial charge in [0.05, 0.1) is 5.60 Å². The lowest BCUT2D eigenvalue weighted by Crippen LogP contribution is -2.27. The molecule has 0 fully saturated rings. The van der Waals surface area contributed by atoms with Crippen molar-refractivity contribution in [1.82, 2.24) is 0 Å². The van der Waals surface area contributed by atoms with Crippen LogP contribution in [0.5, 0.6) is 5.75 Å². The molecule has 0 saturated carbocycles. The predicted molar refractivity (Wildman–Crippen MR) is 67.3 cm³/mol. The van der Waals surface area contributed by atoms with Crippen LogP contribution >= 0.6 is 0 Å². The maximum Gasteiger partial charge on any atom is 0.223 e. The van der Waals surface area contributed by atoms with Crippen molar-refractivity contribution < 1.29 is 14.6 Å². The summed E-state index contributed by atoms with van der Waals surface area (Å²) in [4.78, 5) is 12.7. The molecule has 0 spiro atoms. The van der Waals surface area contributed by atoms with Crippen LogP contribution in [-0.2, 0) is 4.79 Å². The third-order valence-electron chi connectivity index (χ3n) is 2.29. The molecule has 4 heteroatoms. The van der Waals surface area contributed by atoms with Crippen molar-refractivity contribution in [3.63, 3.8) is 0 Å². The van der Waals surface area contributed by atoms with Gasteiger partial charge in [-0.2, -0.15) is 0 Å². The summed E-state index contributed by atoms with van der Waals surface area (Å²) < 4.78 is 5.41. The molecule has 0 aliphatic carbocycles. The minimum absolute atomic E-state index is 0.0184. The van der Waals surface area contributed by atoms with Gasteiger partial charge in [0.1, 0.15) is 12.4 Å². The van der Waals surface area contributed by atoms with E-state index in [4.69, 9.17) is 4.74 Å². The van der Waals surface area contributed by atoms with Crippen molar-refractivity contribution in [3.8, 4) is 5.75 Å². The molecule has 0 aromatic heterocycles. The van der Waals surface area contributed by atoms with Crippen LogP contribution in [0.4, 0.5) is 5.69 Å². The topological polar surface area (TPSA) is 49.8 Å². The van der Waals surface area contributed by atoms with Crippen LogP contribution in [0.1, 0.15) is 20.8 Å². The molecule has 1 amide bonds. The molecule has 0 atom stereocenters. The highest BCUT2D eigenvalue weighted by Crippen LogP contribution is 2.19. The Hall–Kier alpha value is -1.55. The molecule has 0 unspecified atom stereocenters. The summed E-state index contributed by atoms with van der Waals surface area (Å²) in [7, 11) is 1.72. The van der Waals surface area contributed by atoms with Gasteiger partial charge in [-0.25, -0.2) is 0 Å². The number of carbonyl (C=O) groups excluding carboxylic acids is 1. The molecular formula is C13H19NO3. The number of anilines is 1. The van der Waals surface area contributed by atoms with Crippen LogP contribution in [0, 0.1) is 0 Å². The van der Waals surface area contributed by atoms with Crippen molar-refractivity contribution in [2.24, 2.45) is 0 Å². The summed E-state index contributed by atoms with van der Waals surface area (Å²) in [6.07, 6.45) is 0. The van der Waals surface area contributed by atoms with Crippen molar-refractivity contribution in [2.75, 3.05) is 18.6 Å². The van der Waals surface area contributed by atoms with E-state index < -0.39 is 5.60 Å². The van der Waals surface area contributed by atoms with Gasteiger partial charge in [0, 0.05) is 19.7 Å². The maximum atomic E-state index is 11.1. The van der Waals surface area contributed by atoms with Crippen LogP contribution in [0.3, 0.4) is 0 Å². The van der Waals surface area contributed by atoms with Crippen LogP contribution < -0.4 is 9.64 Å². The Bertz CT molecular complexity index is 379. The SMILES string of the molecule is CC(=O)N(C)c1ccc(OCC(C)(C)O)cc1. The molecule has 0 bridgehead atoms. The average molecular weight is 237 g/mol. The second-order valence-electron chi connectivity index (χ2n) is 4.67. The van der Waals surface area contributed by atoms with Crippen LogP contribution in [0.15, 0.2) is 24.3 Å². The fraction of sp³-hybridized carbons (Fsp3) is 0.462. The van der Waals surface area contributed by atoms with Gasteiger partial charge in [0.2, 0.25) is 5.91 Å². The number of aliphatic hydroxyl groups is 1. The summed E-state index contributed by atoms with van der Waals surface area (Å²) in [6.45, 7) is 5.11. The molecule has 0 radical (unpaired) electrons. The van der Waals surface area contributed by atoms with Gasteiger partial charge in [0.15, 0.2) is 0 Å². The molecule has 1 rings (SSSR count). The van der Waals surface area contributed by atoms with Crippen molar-refractivity contribution in [2.45, 2.75) is 26.4 Å². The predicted octanol–water partition coefficient (Wildman–Crippen LogP) is 1.82. The highest BCUT2D eigenvalue weighted by atomic mass is 16.5. The molecule has 1 aromatic carbocycles. The highest BCUT2D eigenvalue weighted by molar-refractivity contribution is 5.90. The minimum Gasteiger partial charge on any atom is -0.491 e. The van der Waals surface area contributed by atoms with Gasteiger partial charge in [-0.15, -0.1) is 0 Å². The number of benzene rings is 1. The summed E-state index contributed by atoms with van der Waals surface area (Å²) >= 11 is 0. The van der Waals surface area contributed by atoms with Crippen LogP contribution in [0.25, 0.3) is 0 Å². The first kappa shape index (κ1) is 13.5. The number of ether oxygens (including phenoxy) is 1. The molecule has 0 heterocycles. The van der Waals surface area contributed by atoms with E-state index in [2.05, 4.69) is 0 Å². The summed E-state index contributed by atoms with van der Waals surface area (Å²) in [6, 6.07) is 7.17. The molecule has 0 saturated heterocycles. The molecule has 1 aromatic rings. The molecular weight excluding hydrogens is 218 g/mol. The highest BCUT2D eigenvalue weighted by Gasteiger charge is 2.13. The van der Waals surface area contributed by atoms with Crippen molar-refractivity contribution in [1.29, 1.82) is 0 Å². The van der Waals surface area contributed by atoms with Crippen molar-refractivity contribution in [3.05, 3.63) is 24.3 Å². The van der Waals surface area contributed by atoms with Crippen LogP contribution in [-0.4, -0.2) is 30.3 Å². The molecule has 17 heavy (non-hydrogen) atoms. The van der Waals surface area contributed by atoms with E-state index in [0.29, 0.717) is 5.75 Å². The zero-order valence-corrected chi connectivity index (χ0v) is 10.7. The van der Waals surface area contributed by atoms with Gasteiger partial charge in [-0.3, -0.25) is 4.79 Å². The first-order valence-corrected chi connectivity index (χ1v) is 5.49. The van der Waals surface area contributed by atoms with Gasteiger partial charge < -0.3 is 14.7 Å². The lowest BCUT2D eigenvalue weighted by molar-refractivity contribution is -0.116. The van der Waals surface area contributed by atoms with E-state index in [-0.39, 0.29) is 12.5 Å². The fourth-order valence-corrected chi connectivity index (χ4v) is 1.21. The zero-order valence-electron chi connectivity index (χ0n) is 10.7. The number of hydrogen-bond acceptors (Lipinski definition) is 3. The van der Waals surface area contributed by atoms with Gasteiger partial charge in [0.25, 0.3) is 0 Å². The van der Waals surface area contributed by atoms with Gasteiger partial charge in [-0.05, 0) is 38.1 Å². The Morgan fingerprint density at radius 3 is 2.29 bits per heavy atom. The first-order chi connectivity index (χ1) is 7.79. The lowest BCUT2D eigenvalue weighted by atomic mass is 10.2. The van der Waals surface area contributed by atoms with Gasteiger partial charge in [-0.1, -0.05) is 0 Å². The Balaban J connectivity index is 2.65. The van der Waals surface area contributed by atoms with Gasteiger partial charge >= 0.3 is 0 Å². The lowest BCUT2D eigenvalue weighted by Gasteiger charge is -2.19. The van der Waals surface area contributed by atoms with E-state index in [1.807, 2.05) is 0 Å². The molecule has 4 nitrogen and oxygen atoms in total. The maximum absolute atomic E-state index is 11.1. The monoisotopic (exact) mass is 237 g/mol. The number of amides is 1. The molecule has 0 aliphatic heterocycles. The molecule has 0 aliphatic rings. The first-order valence-electron chi connectivity index (χ1n) is 5.49. The Morgan fingerprint density at radius 2 is 1.88 bits per heavy atom. The largest absolute Gasteiger partial charge is 0.491 e. The van der Waals surface area contributed by atoms with E-state index >= 15 is 0 Å². The van der Waals surface area contributed by atoms with E-state index in [0.717, 1.165) is 5.69 Å². The second-order valence-corrected chi connectivity index (χ2v) is 4.67. The quantitative estimate of drug-likeness (QED) is 0.869. The number of carbonyl (C=O) groups is 1. The van der Waals surface area contributed by atoms with E-state index in [9.17, 15) is 9.90 Å². The minimum atomic E-state index is -0.852. The number of nitrogens with zero attached hydrogens (tertiary/aromatic N) is 1. The third kappa shape index (κ3) is 4.44. The average Bonchev–Trinajstić information content (AvgIpc) is 2.25. The normalized spacial score (nSPS) is 11.1. The number of hydrogen-bond donors (Lipinski definition) is 1. The number of rotatable bonds is 4. The summed E-state index contributed by atoms with van der Waals surface area (Å²) in [5, 5.41) is 9.52. The molecule has 1 N–H and O–H groups in total. The zero-order chi connectivity index (χ0) is 13.1. The van der Waals surface area contributed by atoms with Crippen molar-refractivity contribution >= 4 is 11.6 Å². The Labute approximate surface area is 102 Å². The van der Waals surface area contributed by atoms with E-state index in [1.54, 1.807) is 50.1 Å². The fourth-order valence-electron chi connectivity index (χ4n) is 1.21. The summed E-state index contributed by atoms with van der Waals surface area (Å²) in [5.41, 5.74) is -0.0393.